The van der Waals surface area contributed by atoms with Gasteiger partial charge in [-0.1, -0.05) is 70.1 Å². The van der Waals surface area contributed by atoms with Gasteiger partial charge in [-0.3, -0.25) is 0 Å². The van der Waals surface area contributed by atoms with Crippen molar-refractivity contribution in [3.63, 3.8) is 0 Å². The summed E-state index contributed by atoms with van der Waals surface area (Å²) in [6.45, 7) is 4.18. The van der Waals surface area contributed by atoms with Crippen molar-refractivity contribution in [2.45, 2.75) is 90.4 Å². The van der Waals surface area contributed by atoms with E-state index in [1.54, 1.807) is 12.1 Å². The average molecular weight is 432 g/mol. The zero-order valence-corrected chi connectivity index (χ0v) is 19.7. The van der Waals surface area contributed by atoms with Crippen LogP contribution in [0.15, 0.2) is 42.5 Å². The summed E-state index contributed by atoms with van der Waals surface area (Å²) in [4.78, 5) is 12.5. The van der Waals surface area contributed by atoms with Gasteiger partial charge in [0.1, 0.15) is 11.8 Å². The Hall–Kier alpha value is -2.60. The summed E-state index contributed by atoms with van der Waals surface area (Å²) in [5.41, 5.74) is 3.20. The maximum Gasteiger partial charge on any atom is 0.343 e. The Labute approximate surface area is 193 Å². The van der Waals surface area contributed by atoms with Crippen LogP contribution in [0.3, 0.4) is 0 Å². The molecule has 1 fully saturated rings. The molecular formula is C29H37NO2. The van der Waals surface area contributed by atoms with Crippen LogP contribution in [-0.2, 0) is 0 Å². The molecule has 3 rings (SSSR count). The van der Waals surface area contributed by atoms with Crippen LogP contribution in [0.4, 0.5) is 0 Å². The lowest BCUT2D eigenvalue weighted by Gasteiger charge is -2.29. The summed E-state index contributed by atoms with van der Waals surface area (Å²) < 4.78 is 5.48. The zero-order valence-electron chi connectivity index (χ0n) is 19.7. The van der Waals surface area contributed by atoms with E-state index in [2.05, 4.69) is 25.1 Å². The van der Waals surface area contributed by atoms with Gasteiger partial charge in [0.15, 0.2) is 0 Å². The van der Waals surface area contributed by atoms with Crippen LogP contribution < -0.4 is 4.74 Å². The molecule has 0 aromatic heterocycles. The van der Waals surface area contributed by atoms with E-state index in [-0.39, 0.29) is 0 Å². The van der Waals surface area contributed by atoms with Crippen LogP contribution >= 0.6 is 0 Å². The molecule has 0 unspecified atom stereocenters. The molecule has 0 saturated heterocycles. The fraction of sp³-hybridized carbons (Fsp3) is 0.517. The van der Waals surface area contributed by atoms with E-state index in [9.17, 15) is 10.1 Å². The fourth-order valence-electron chi connectivity index (χ4n) is 4.87. The number of esters is 1. The summed E-state index contributed by atoms with van der Waals surface area (Å²) in [7, 11) is 0. The van der Waals surface area contributed by atoms with Gasteiger partial charge in [0.05, 0.1) is 11.1 Å². The first-order valence-corrected chi connectivity index (χ1v) is 12.4. The van der Waals surface area contributed by atoms with E-state index in [1.165, 1.54) is 76.2 Å². The molecule has 2 aromatic rings. The Balaban J connectivity index is 1.46. The van der Waals surface area contributed by atoms with Crippen molar-refractivity contribution in [3.8, 4) is 11.8 Å². The summed E-state index contributed by atoms with van der Waals surface area (Å²) >= 11 is 0. The smallest absolute Gasteiger partial charge is 0.343 e. The molecule has 1 aliphatic carbocycles. The minimum atomic E-state index is -0.417. The van der Waals surface area contributed by atoms with Crippen LogP contribution in [0.25, 0.3) is 0 Å². The van der Waals surface area contributed by atoms with E-state index in [1.807, 2.05) is 25.1 Å². The first kappa shape index (κ1) is 24.1. The largest absolute Gasteiger partial charge is 0.422 e. The highest BCUT2D eigenvalue weighted by atomic mass is 16.5. The van der Waals surface area contributed by atoms with Gasteiger partial charge in [-0.2, -0.15) is 5.26 Å². The maximum absolute atomic E-state index is 12.5. The van der Waals surface area contributed by atoms with Crippen LogP contribution in [0.5, 0.6) is 5.75 Å². The topological polar surface area (TPSA) is 50.1 Å². The summed E-state index contributed by atoms with van der Waals surface area (Å²) in [6, 6.07) is 15.2. The molecule has 1 aliphatic rings. The summed E-state index contributed by atoms with van der Waals surface area (Å²) in [5, 5.41) is 9.28. The van der Waals surface area contributed by atoms with Crippen LogP contribution in [-0.4, -0.2) is 5.97 Å². The van der Waals surface area contributed by atoms with Crippen molar-refractivity contribution >= 4 is 5.97 Å². The SMILES string of the molecule is CCCCCCCCC1CCC(c2ccc(C(=O)Oc3ccc(C)cc3C#N)cc2)CC1. The number of hydrogen-bond donors (Lipinski definition) is 0. The van der Waals surface area contributed by atoms with Gasteiger partial charge in [-0.05, 0) is 79.8 Å². The second kappa shape index (κ2) is 12.4. The molecule has 170 valence electrons. The Kier molecular flexibility index (Phi) is 9.35. The highest BCUT2D eigenvalue weighted by Crippen LogP contribution is 2.38. The molecule has 0 atom stereocenters. The number of nitrogens with zero attached hydrogens (tertiary/aromatic N) is 1. The Bertz CT molecular complexity index is 902. The van der Waals surface area contributed by atoms with Crippen molar-refractivity contribution in [2.75, 3.05) is 0 Å². The zero-order chi connectivity index (χ0) is 22.8. The van der Waals surface area contributed by atoms with Gasteiger partial charge in [0.25, 0.3) is 0 Å². The number of carbonyl (C=O) groups excluding carboxylic acids is 1. The minimum absolute atomic E-state index is 0.316. The number of nitriles is 1. The molecule has 0 aliphatic heterocycles. The minimum Gasteiger partial charge on any atom is -0.422 e. The van der Waals surface area contributed by atoms with Gasteiger partial charge in [-0.15, -0.1) is 0 Å². The van der Waals surface area contributed by atoms with Crippen molar-refractivity contribution < 1.29 is 9.53 Å². The number of benzene rings is 2. The van der Waals surface area contributed by atoms with E-state index in [0.29, 0.717) is 22.8 Å². The van der Waals surface area contributed by atoms with Crippen molar-refractivity contribution in [1.29, 1.82) is 5.26 Å². The molecule has 3 nitrogen and oxygen atoms in total. The fourth-order valence-corrected chi connectivity index (χ4v) is 4.87. The Morgan fingerprint density at radius 2 is 1.66 bits per heavy atom. The van der Waals surface area contributed by atoms with Gasteiger partial charge in [-0.25, -0.2) is 4.79 Å². The quantitative estimate of drug-likeness (QED) is 0.217. The third-order valence-electron chi connectivity index (χ3n) is 6.89. The molecule has 0 spiro atoms. The first-order valence-electron chi connectivity index (χ1n) is 12.4. The van der Waals surface area contributed by atoms with E-state index in [4.69, 9.17) is 4.74 Å². The first-order chi connectivity index (χ1) is 15.6. The number of unbranched alkanes of at least 4 members (excludes halogenated alkanes) is 5. The molecule has 3 heteroatoms. The molecule has 0 heterocycles. The average Bonchev–Trinajstić information content (AvgIpc) is 2.83. The Morgan fingerprint density at radius 1 is 0.969 bits per heavy atom. The van der Waals surface area contributed by atoms with Gasteiger partial charge >= 0.3 is 5.97 Å². The molecule has 2 aromatic carbocycles. The molecule has 32 heavy (non-hydrogen) atoms. The number of carbonyl (C=O) groups is 1. The van der Waals surface area contributed by atoms with Gasteiger partial charge in [0, 0.05) is 0 Å². The number of hydrogen-bond acceptors (Lipinski definition) is 3. The molecule has 0 bridgehead atoms. The van der Waals surface area contributed by atoms with Gasteiger partial charge < -0.3 is 4.74 Å². The normalized spacial score (nSPS) is 18.2. The second-order valence-corrected chi connectivity index (χ2v) is 9.40. The third-order valence-corrected chi connectivity index (χ3v) is 6.89. The predicted molar refractivity (Wildman–Crippen MR) is 130 cm³/mol. The number of rotatable bonds is 10. The number of aryl methyl sites for hydroxylation is 1. The molecule has 0 N–H and O–H groups in total. The third kappa shape index (κ3) is 6.95. The lowest BCUT2D eigenvalue weighted by Crippen LogP contribution is -2.14. The highest BCUT2D eigenvalue weighted by molar-refractivity contribution is 5.91. The van der Waals surface area contributed by atoms with Crippen molar-refractivity contribution in [3.05, 3.63) is 64.7 Å². The number of ether oxygens (including phenoxy) is 1. The van der Waals surface area contributed by atoms with Crippen LogP contribution in [0.1, 0.15) is 111 Å². The van der Waals surface area contributed by atoms with E-state index < -0.39 is 5.97 Å². The maximum atomic E-state index is 12.5. The second-order valence-electron chi connectivity index (χ2n) is 9.40. The molecule has 0 radical (unpaired) electrons. The van der Waals surface area contributed by atoms with Crippen molar-refractivity contribution in [1.82, 2.24) is 0 Å². The molecule has 1 saturated carbocycles. The highest BCUT2D eigenvalue weighted by Gasteiger charge is 2.22. The van der Waals surface area contributed by atoms with Crippen LogP contribution in [0.2, 0.25) is 0 Å². The monoisotopic (exact) mass is 431 g/mol. The standard InChI is InChI=1S/C29H37NO2/c1-3-4-5-6-7-8-9-23-11-13-24(14-12-23)25-15-17-26(18-16-25)29(31)32-28-19-10-22(2)20-27(28)21-30/h10,15-20,23-24H,3-9,11-14H2,1-2H3. The van der Waals surface area contributed by atoms with E-state index in [0.717, 1.165) is 11.5 Å². The summed E-state index contributed by atoms with van der Waals surface area (Å²) in [5.74, 6) is 1.40. The Morgan fingerprint density at radius 3 is 2.34 bits per heavy atom. The predicted octanol–water partition coefficient (Wildman–Crippen LogP) is 8.11. The lowest BCUT2D eigenvalue weighted by atomic mass is 9.77. The van der Waals surface area contributed by atoms with Crippen molar-refractivity contribution in [2.24, 2.45) is 5.92 Å². The summed E-state index contributed by atoms with van der Waals surface area (Å²) in [6.07, 6.45) is 14.8. The van der Waals surface area contributed by atoms with E-state index >= 15 is 0 Å². The lowest BCUT2D eigenvalue weighted by molar-refractivity contribution is 0.0734. The molecular weight excluding hydrogens is 394 g/mol. The van der Waals surface area contributed by atoms with Gasteiger partial charge in [0.2, 0.25) is 0 Å². The molecule has 0 amide bonds. The van der Waals surface area contributed by atoms with Crippen LogP contribution in [0, 0.1) is 24.2 Å².